The van der Waals surface area contributed by atoms with Crippen molar-refractivity contribution in [2.45, 2.75) is 45.8 Å². The second-order valence-electron chi connectivity index (χ2n) is 9.62. The average molecular weight is 556 g/mol. The molecular weight excluding hydrogens is 522 g/mol. The van der Waals surface area contributed by atoms with E-state index < -0.39 is 28.5 Å². The van der Waals surface area contributed by atoms with Crippen molar-refractivity contribution in [3.63, 3.8) is 0 Å². The Morgan fingerprint density at radius 1 is 0.895 bits per heavy atom. The Bertz CT molecular complexity index is 1330. The van der Waals surface area contributed by atoms with Crippen LogP contribution in [0.25, 0.3) is 0 Å². The number of aryl methyl sites for hydroxylation is 1. The number of sulfonamides is 1. The van der Waals surface area contributed by atoms with Crippen LogP contribution in [0.15, 0.2) is 78.9 Å². The second kappa shape index (κ2) is 12.9. The van der Waals surface area contributed by atoms with Crippen molar-refractivity contribution < 1.29 is 18.0 Å². The molecule has 0 aliphatic heterocycles. The summed E-state index contributed by atoms with van der Waals surface area (Å²) in [6.45, 7) is 5.26. The lowest BCUT2D eigenvalue weighted by molar-refractivity contribution is -0.140. The van der Waals surface area contributed by atoms with Crippen LogP contribution in [0.4, 0.5) is 5.69 Å². The summed E-state index contributed by atoms with van der Waals surface area (Å²) in [6.07, 6.45) is 1.33. The van der Waals surface area contributed by atoms with E-state index in [0.717, 1.165) is 27.3 Å². The standard InChI is InChI=1S/C29H34ClN3O4S/c1-21(2)31-29(35)27(18-23-8-6-5-7-9-23)32(19-24-12-14-25(30)15-13-24)28(34)20-33(38(4,36)37)26-16-10-22(3)11-17-26/h5-17,21,27H,18-20H2,1-4H3,(H,31,35)/t27-/m1/s1. The van der Waals surface area contributed by atoms with Gasteiger partial charge in [-0.05, 0) is 56.2 Å². The molecule has 0 saturated carbocycles. The van der Waals surface area contributed by atoms with Crippen molar-refractivity contribution in [1.29, 1.82) is 0 Å². The number of hydrogen-bond acceptors (Lipinski definition) is 4. The molecule has 0 heterocycles. The topological polar surface area (TPSA) is 86.8 Å². The lowest BCUT2D eigenvalue weighted by atomic mass is 10.0. The molecule has 3 aromatic carbocycles. The number of benzene rings is 3. The molecule has 1 atom stereocenters. The molecule has 0 aromatic heterocycles. The highest BCUT2D eigenvalue weighted by molar-refractivity contribution is 7.92. The first kappa shape index (κ1) is 29.2. The Kier molecular flexibility index (Phi) is 9.94. The van der Waals surface area contributed by atoms with Gasteiger partial charge >= 0.3 is 0 Å². The first-order chi connectivity index (χ1) is 17.9. The molecule has 1 N–H and O–H groups in total. The van der Waals surface area contributed by atoms with Crippen molar-refractivity contribution in [2.75, 3.05) is 17.1 Å². The highest BCUT2D eigenvalue weighted by Gasteiger charge is 2.33. The summed E-state index contributed by atoms with van der Waals surface area (Å²) in [5.41, 5.74) is 2.98. The Morgan fingerprint density at radius 2 is 1.50 bits per heavy atom. The molecule has 9 heteroatoms. The quantitative estimate of drug-likeness (QED) is 0.375. The van der Waals surface area contributed by atoms with E-state index in [4.69, 9.17) is 11.6 Å². The van der Waals surface area contributed by atoms with Crippen LogP contribution in [0.5, 0.6) is 0 Å². The summed E-state index contributed by atoms with van der Waals surface area (Å²) >= 11 is 6.07. The van der Waals surface area contributed by atoms with Gasteiger partial charge in [0.15, 0.2) is 0 Å². The van der Waals surface area contributed by atoms with Crippen LogP contribution in [0, 0.1) is 6.92 Å². The van der Waals surface area contributed by atoms with E-state index in [1.807, 2.05) is 51.1 Å². The molecule has 0 spiro atoms. The van der Waals surface area contributed by atoms with Crippen molar-refractivity contribution >= 4 is 39.1 Å². The lowest BCUT2D eigenvalue weighted by Gasteiger charge is -2.34. The zero-order chi connectivity index (χ0) is 27.9. The molecule has 7 nitrogen and oxygen atoms in total. The fraction of sp³-hybridized carbons (Fsp3) is 0.310. The van der Waals surface area contributed by atoms with E-state index in [2.05, 4.69) is 5.32 Å². The number of hydrogen-bond donors (Lipinski definition) is 1. The summed E-state index contributed by atoms with van der Waals surface area (Å²) < 4.78 is 26.6. The molecule has 0 aliphatic carbocycles. The molecule has 0 fully saturated rings. The third kappa shape index (κ3) is 8.33. The minimum absolute atomic E-state index is 0.102. The number of halogens is 1. The Morgan fingerprint density at radius 3 is 2.05 bits per heavy atom. The van der Waals surface area contributed by atoms with Crippen LogP contribution >= 0.6 is 11.6 Å². The fourth-order valence-corrected chi connectivity index (χ4v) is 5.02. The minimum Gasteiger partial charge on any atom is -0.352 e. The fourth-order valence-electron chi connectivity index (χ4n) is 4.05. The van der Waals surface area contributed by atoms with Gasteiger partial charge in [0, 0.05) is 24.0 Å². The Labute approximate surface area is 230 Å². The molecule has 202 valence electrons. The molecule has 2 amide bonds. The highest BCUT2D eigenvalue weighted by Crippen LogP contribution is 2.21. The lowest BCUT2D eigenvalue weighted by Crippen LogP contribution is -2.54. The van der Waals surface area contributed by atoms with Crippen LogP contribution in [-0.2, 0) is 32.6 Å². The number of nitrogens with zero attached hydrogens (tertiary/aromatic N) is 2. The third-order valence-corrected chi connectivity index (χ3v) is 7.36. The predicted molar refractivity (Wildman–Crippen MR) is 153 cm³/mol. The van der Waals surface area contributed by atoms with E-state index in [1.54, 1.807) is 48.5 Å². The predicted octanol–water partition coefficient (Wildman–Crippen LogP) is 4.58. The average Bonchev–Trinajstić information content (AvgIpc) is 2.86. The molecule has 0 aliphatic rings. The molecular formula is C29H34ClN3O4S. The second-order valence-corrected chi connectivity index (χ2v) is 12.0. The highest BCUT2D eigenvalue weighted by atomic mass is 35.5. The number of amides is 2. The van der Waals surface area contributed by atoms with Crippen LogP contribution < -0.4 is 9.62 Å². The molecule has 0 bridgehead atoms. The number of rotatable bonds is 11. The van der Waals surface area contributed by atoms with Crippen LogP contribution in [0.3, 0.4) is 0 Å². The van der Waals surface area contributed by atoms with Crippen molar-refractivity contribution in [2.24, 2.45) is 0 Å². The summed E-state index contributed by atoms with van der Waals surface area (Å²) in [5, 5.41) is 3.48. The summed E-state index contributed by atoms with van der Waals surface area (Å²) in [6, 6.07) is 22.3. The molecule has 3 aromatic rings. The van der Waals surface area contributed by atoms with E-state index in [-0.39, 0.29) is 24.9 Å². The number of carbonyl (C=O) groups is 2. The zero-order valence-electron chi connectivity index (χ0n) is 22.1. The van der Waals surface area contributed by atoms with Gasteiger partial charge in [0.05, 0.1) is 11.9 Å². The summed E-state index contributed by atoms with van der Waals surface area (Å²) in [4.78, 5) is 28.9. The smallest absolute Gasteiger partial charge is 0.244 e. The van der Waals surface area contributed by atoms with Gasteiger partial charge in [0.25, 0.3) is 0 Å². The summed E-state index contributed by atoms with van der Waals surface area (Å²) in [5.74, 6) is -0.807. The van der Waals surface area contributed by atoms with Gasteiger partial charge in [0.1, 0.15) is 12.6 Å². The monoisotopic (exact) mass is 555 g/mol. The van der Waals surface area contributed by atoms with E-state index in [0.29, 0.717) is 10.7 Å². The van der Waals surface area contributed by atoms with E-state index in [1.165, 1.54) is 4.90 Å². The van der Waals surface area contributed by atoms with Gasteiger partial charge in [-0.2, -0.15) is 0 Å². The van der Waals surface area contributed by atoms with Crippen molar-refractivity contribution in [1.82, 2.24) is 10.2 Å². The van der Waals surface area contributed by atoms with Gasteiger partial charge in [0.2, 0.25) is 21.8 Å². The Hall–Kier alpha value is -3.36. The molecule has 0 radical (unpaired) electrons. The third-order valence-electron chi connectivity index (χ3n) is 5.97. The van der Waals surface area contributed by atoms with Crippen molar-refractivity contribution in [3.8, 4) is 0 Å². The number of carbonyl (C=O) groups excluding carboxylic acids is 2. The van der Waals surface area contributed by atoms with Gasteiger partial charge in [-0.1, -0.05) is 71.8 Å². The molecule has 3 rings (SSSR count). The maximum absolute atomic E-state index is 13.9. The van der Waals surface area contributed by atoms with Crippen molar-refractivity contribution in [3.05, 3.63) is 101 Å². The van der Waals surface area contributed by atoms with Gasteiger partial charge in [-0.25, -0.2) is 8.42 Å². The van der Waals surface area contributed by atoms with Crippen LogP contribution in [0.2, 0.25) is 5.02 Å². The van der Waals surface area contributed by atoms with Crippen LogP contribution in [-0.4, -0.2) is 50.0 Å². The maximum Gasteiger partial charge on any atom is 0.244 e. The zero-order valence-corrected chi connectivity index (χ0v) is 23.7. The largest absolute Gasteiger partial charge is 0.352 e. The van der Waals surface area contributed by atoms with Crippen LogP contribution in [0.1, 0.15) is 30.5 Å². The SMILES string of the molecule is Cc1ccc(N(CC(=O)N(Cc2ccc(Cl)cc2)[C@H](Cc2ccccc2)C(=O)NC(C)C)S(C)(=O)=O)cc1. The maximum atomic E-state index is 13.9. The molecule has 38 heavy (non-hydrogen) atoms. The normalized spacial score (nSPS) is 12.2. The van der Waals surface area contributed by atoms with E-state index >= 15 is 0 Å². The van der Waals surface area contributed by atoms with Gasteiger partial charge in [-0.3, -0.25) is 13.9 Å². The van der Waals surface area contributed by atoms with E-state index in [9.17, 15) is 18.0 Å². The first-order valence-corrected chi connectivity index (χ1v) is 14.6. The Balaban J connectivity index is 2.04. The number of anilines is 1. The molecule has 0 unspecified atom stereocenters. The number of nitrogens with one attached hydrogen (secondary N) is 1. The minimum atomic E-state index is -3.79. The first-order valence-electron chi connectivity index (χ1n) is 12.4. The van der Waals surface area contributed by atoms with Gasteiger partial charge in [-0.15, -0.1) is 0 Å². The van der Waals surface area contributed by atoms with Gasteiger partial charge < -0.3 is 10.2 Å². The molecule has 0 saturated heterocycles. The summed E-state index contributed by atoms with van der Waals surface area (Å²) in [7, 11) is -3.79.